The number of nitrogens with zero attached hydrogens (tertiary/aromatic N) is 1. The standard InChI is InChI=1S/C15H9BrFNO2/c16-13-4-3-11(8-14(13)17)20-15-12-7-10(19)2-1-9(12)5-6-18-15/h1-8,19H. The van der Waals surface area contributed by atoms with Gasteiger partial charge in [-0.2, -0.15) is 0 Å². The van der Waals surface area contributed by atoms with Gasteiger partial charge in [-0.3, -0.25) is 0 Å². The second kappa shape index (κ2) is 5.09. The molecule has 0 spiro atoms. The van der Waals surface area contributed by atoms with Gasteiger partial charge in [0.2, 0.25) is 5.88 Å². The summed E-state index contributed by atoms with van der Waals surface area (Å²) in [4.78, 5) is 4.13. The van der Waals surface area contributed by atoms with E-state index in [1.54, 1.807) is 36.5 Å². The Bertz CT molecular complexity index is 792. The Labute approximate surface area is 122 Å². The number of aromatic nitrogens is 1. The molecule has 1 heterocycles. The van der Waals surface area contributed by atoms with Crippen LogP contribution in [0.4, 0.5) is 4.39 Å². The third-order valence-corrected chi connectivity index (χ3v) is 3.46. The number of phenols is 1. The van der Waals surface area contributed by atoms with Crippen molar-refractivity contribution in [3.8, 4) is 17.4 Å². The van der Waals surface area contributed by atoms with Crippen LogP contribution in [0.3, 0.4) is 0 Å². The van der Waals surface area contributed by atoms with Crippen molar-refractivity contribution in [3.63, 3.8) is 0 Å². The number of ether oxygens (including phenoxy) is 1. The zero-order valence-corrected chi connectivity index (χ0v) is 11.8. The summed E-state index contributed by atoms with van der Waals surface area (Å²) < 4.78 is 19.4. The van der Waals surface area contributed by atoms with Crippen LogP contribution in [-0.4, -0.2) is 10.1 Å². The minimum absolute atomic E-state index is 0.123. The van der Waals surface area contributed by atoms with E-state index in [9.17, 15) is 9.50 Å². The first kappa shape index (κ1) is 12.9. The minimum Gasteiger partial charge on any atom is -0.508 e. The lowest BCUT2D eigenvalue weighted by Crippen LogP contribution is -1.90. The second-order valence-electron chi connectivity index (χ2n) is 4.20. The van der Waals surface area contributed by atoms with E-state index in [1.165, 1.54) is 6.07 Å². The molecule has 1 aromatic heterocycles. The molecule has 3 aromatic rings. The number of hydrogen-bond acceptors (Lipinski definition) is 3. The number of fused-ring (bicyclic) bond motifs is 1. The van der Waals surface area contributed by atoms with E-state index < -0.39 is 5.82 Å². The van der Waals surface area contributed by atoms with Crippen molar-refractivity contribution in [1.82, 2.24) is 4.98 Å². The number of aromatic hydroxyl groups is 1. The van der Waals surface area contributed by atoms with Gasteiger partial charge < -0.3 is 9.84 Å². The van der Waals surface area contributed by atoms with Crippen LogP contribution in [0.5, 0.6) is 17.4 Å². The highest BCUT2D eigenvalue weighted by atomic mass is 79.9. The van der Waals surface area contributed by atoms with Crippen LogP contribution in [-0.2, 0) is 0 Å². The summed E-state index contributed by atoms with van der Waals surface area (Å²) in [7, 11) is 0. The number of phenolic OH excluding ortho intramolecular Hbond substituents is 1. The predicted molar refractivity (Wildman–Crippen MR) is 77.6 cm³/mol. The fourth-order valence-corrected chi connectivity index (χ4v) is 2.11. The molecule has 3 rings (SSSR count). The van der Waals surface area contributed by atoms with Crippen LogP contribution in [0.2, 0.25) is 0 Å². The molecule has 100 valence electrons. The molecule has 2 aromatic carbocycles. The molecule has 0 atom stereocenters. The van der Waals surface area contributed by atoms with Gasteiger partial charge in [0, 0.05) is 17.6 Å². The highest BCUT2D eigenvalue weighted by Gasteiger charge is 2.08. The van der Waals surface area contributed by atoms with Gasteiger partial charge in [-0.05, 0) is 51.6 Å². The monoisotopic (exact) mass is 333 g/mol. The van der Waals surface area contributed by atoms with Crippen molar-refractivity contribution in [3.05, 3.63) is 59.0 Å². The lowest BCUT2D eigenvalue weighted by molar-refractivity contribution is 0.461. The van der Waals surface area contributed by atoms with E-state index in [4.69, 9.17) is 4.74 Å². The average molecular weight is 334 g/mol. The van der Waals surface area contributed by atoms with Gasteiger partial charge in [0.05, 0.1) is 4.47 Å². The van der Waals surface area contributed by atoms with Crippen LogP contribution in [0.1, 0.15) is 0 Å². The highest BCUT2D eigenvalue weighted by Crippen LogP contribution is 2.31. The zero-order valence-electron chi connectivity index (χ0n) is 10.2. The van der Waals surface area contributed by atoms with E-state index in [0.717, 1.165) is 5.39 Å². The van der Waals surface area contributed by atoms with Crippen molar-refractivity contribution >= 4 is 26.7 Å². The van der Waals surface area contributed by atoms with E-state index in [1.807, 2.05) is 6.07 Å². The van der Waals surface area contributed by atoms with Gasteiger partial charge in [0.15, 0.2) is 0 Å². The van der Waals surface area contributed by atoms with Gasteiger partial charge in [0.1, 0.15) is 17.3 Å². The zero-order chi connectivity index (χ0) is 14.1. The molecule has 3 nitrogen and oxygen atoms in total. The number of benzene rings is 2. The summed E-state index contributed by atoms with van der Waals surface area (Å²) in [5, 5.41) is 11.1. The first-order valence-corrected chi connectivity index (χ1v) is 6.63. The molecule has 0 aliphatic rings. The Morgan fingerprint density at radius 1 is 1.10 bits per heavy atom. The average Bonchev–Trinajstić information content (AvgIpc) is 2.44. The van der Waals surface area contributed by atoms with Crippen LogP contribution < -0.4 is 4.74 Å². The summed E-state index contributed by atoms with van der Waals surface area (Å²) in [6, 6.07) is 11.2. The van der Waals surface area contributed by atoms with Crippen molar-refractivity contribution in [2.45, 2.75) is 0 Å². The maximum Gasteiger partial charge on any atom is 0.227 e. The van der Waals surface area contributed by atoms with Gasteiger partial charge in [-0.1, -0.05) is 6.07 Å². The number of rotatable bonds is 2. The van der Waals surface area contributed by atoms with Crippen molar-refractivity contribution < 1.29 is 14.2 Å². The molecule has 0 bridgehead atoms. The normalized spacial score (nSPS) is 10.7. The van der Waals surface area contributed by atoms with Gasteiger partial charge in [-0.15, -0.1) is 0 Å². The summed E-state index contributed by atoms with van der Waals surface area (Å²) >= 11 is 3.08. The molecular formula is C15H9BrFNO2. The van der Waals surface area contributed by atoms with Crippen molar-refractivity contribution in [2.24, 2.45) is 0 Å². The fraction of sp³-hybridized carbons (Fsp3) is 0. The minimum atomic E-state index is -0.411. The molecule has 0 saturated carbocycles. The quantitative estimate of drug-likeness (QED) is 0.743. The van der Waals surface area contributed by atoms with Gasteiger partial charge >= 0.3 is 0 Å². The maximum absolute atomic E-state index is 13.5. The third kappa shape index (κ3) is 2.44. The SMILES string of the molecule is Oc1ccc2ccnc(Oc3ccc(Br)c(F)c3)c2c1. The van der Waals surface area contributed by atoms with Crippen LogP contribution in [0.25, 0.3) is 10.8 Å². The summed E-state index contributed by atoms with van der Waals surface area (Å²) in [5.41, 5.74) is 0. The lowest BCUT2D eigenvalue weighted by atomic mass is 10.1. The van der Waals surface area contributed by atoms with E-state index >= 15 is 0 Å². The Balaban J connectivity index is 2.05. The van der Waals surface area contributed by atoms with Gasteiger partial charge in [-0.25, -0.2) is 9.37 Å². The van der Waals surface area contributed by atoms with Crippen LogP contribution >= 0.6 is 15.9 Å². The van der Waals surface area contributed by atoms with Gasteiger partial charge in [0.25, 0.3) is 0 Å². The molecule has 0 fully saturated rings. The first-order chi connectivity index (χ1) is 9.63. The molecular weight excluding hydrogens is 325 g/mol. The largest absolute Gasteiger partial charge is 0.508 e. The Morgan fingerprint density at radius 2 is 1.95 bits per heavy atom. The summed E-state index contributed by atoms with van der Waals surface area (Å²) in [6.07, 6.45) is 1.60. The number of pyridine rings is 1. The van der Waals surface area contributed by atoms with E-state index in [2.05, 4.69) is 20.9 Å². The second-order valence-corrected chi connectivity index (χ2v) is 5.05. The number of hydrogen-bond donors (Lipinski definition) is 1. The van der Waals surface area contributed by atoms with Crippen LogP contribution in [0.15, 0.2) is 53.1 Å². The lowest BCUT2D eigenvalue weighted by Gasteiger charge is -2.08. The summed E-state index contributed by atoms with van der Waals surface area (Å²) in [5.74, 6) is 0.372. The predicted octanol–water partition coefficient (Wildman–Crippen LogP) is 4.63. The molecule has 0 saturated heterocycles. The van der Waals surface area contributed by atoms with Crippen molar-refractivity contribution in [2.75, 3.05) is 0 Å². The molecule has 0 aliphatic heterocycles. The molecule has 1 N–H and O–H groups in total. The molecule has 5 heteroatoms. The molecule has 0 radical (unpaired) electrons. The summed E-state index contributed by atoms with van der Waals surface area (Å²) in [6.45, 7) is 0. The first-order valence-electron chi connectivity index (χ1n) is 5.84. The van der Waals surface area contributed by atoms with Crippen LogP contribution in [0, 0.1) is 5.82 Å². The highest BCUT2D eigenvalue weighted by molar-refractivity contribution is 9.10. The van der Waals surface area contributed by atoms with E-state index in [0.29, 0.717) is 21.5 Å². The smallest absolute Gasteiger partial charge is 0.227 e. The Hall–Kier alpha value is -2.14. The molecule has 0 unspecified atom stereocenters. The molecule has 0 amide bonds. The Kier molecular flexibility index (Phi) is 3.28. The maximum atomic E-state index is 13.5. The topological polar surface area (TPSA) is 42.4 Å². The molecule has 0 aliphatic carbocycles. The van der Waals surface area contributed by atoms with Crippen molar-refractivity contribution in [1.29, 1.82) is 0 Å². The number of halogens is 2. The van der Waals surface area contributed by atoms with E-state index in [-0.39, 0.29) is 5.75 Å². The third-order valence-electron chi connectivity index (χ3n) is 2.82. The Morgan fingerprint density at radius 3 is 2.75 bits per heavy atom. The fourth-order valence-electron chi connectivity index (χ4n) is 1.86. The molecule has 20 heavy (non-hydrogen) atoms.